The van der Waals surface area contributed by atoms with Crippen LogP contribution in [0.5, 0.6) is 0 Å². The van der Waals surface area contributed by atoms with Gasteiger partial charge < -0.3 is 15.9 Å². The Morgan fingerprint density at radius 1 is 1.55 bits per heavy atom. The molecule has 0 aromatic carbocycles. The molecule has 4 N–H and O–H groups in total. The van der Waals surface area contributed by atoms with E-state index in [9.17, 15) is 9.59 Å². The Labute approximate surface area is 64.1 Å². The van der Waals surface area contributed by atoms with Crippen LogP contribution in [0, 0.1) is 0 Å². The number of nitrogens with two attached hydrogens (primary N) is 1. The van der Waals surface area contributed by atoms with Crippen molar-refractivity contribution < 1.29 is 19.8 Å². The average molecular weight is 161 g/mol. The molecule has 0 rings (SSSR count). The van der Waals surface area contributed by atoms with Crippen molar-refractivity contribution in [1.29, 1.82) is 0 Å². The van der Waals surface area contributed by atoms with Crippen LogP contribution in [0.2, 0.25) is 0 Å². The molecule has 0 aromatic rings. The van der Waals surface area contributed by atoms with Crippen LogP contribution < -0.4 is 5.73 Å². The van der Waals surface area contributed by atoms with E-state index < -0.39 is 18.5 Å². The number of primary amides is 1. The largest absolute Gasteiger partial charge is 0.478 e. The third kappa shape index (κ3) is 17.7. The molecule has 0 aromatic heterocycles. The van der Waals surface area contributed by atoms with Gasteiger partial charge in [-0.2, -0.15) is 0 Å². The number of aliphatic hydroxyl groups is 1. The van der Waals surface area contributed by atoms with Gasteiger partial charge in [-0.05, 0) is 6.92 Å². The maximum Gasteiger partial charge on any atom is 0.330 e. The highest BCUT2D eigenvalue weighted by Crippen LogP contribution is 1.81. The maximum absolute atomic E-state index is 9.60. The first-order valence-electron chi connectivity index (χ1n) is 2.69. The lowest BCUT2D eigenvalue weighted by atomic mass is 10.4. The summed E-state index contributed by atoms with van der Waals surface area (Å²) in [4.78, 5) is 18.9. The van der Waals surface area contributed by atoms with Gasteiger partial charge in [0.2, 0.25) is 5.91 Å². The second-order valence-corrected chi connectivity index (χ2v) is 1.71. The second-order valence-electron chi connectivity index (χ2n) is 1.71. The van der Waals surface area contributed by atoms with Crippen molar-refractivity contribution in [2.45, 2.75) is 6.92 Å². The molecule has 0 radical (unpaired) electrons. The molecule has 0 atom stereocenters. The van der Waals surface area contributed by atoms with E-state index in [1.807, 2.05) is 0 Å². The summed E-state index contributed by atoms with van der Waals surface area (Å²) in [6, 6.07) is 0. The number of hydrogen-bond donors (Lipinski definition) is 3. The SMILES string of the molecule is C=C(C)C(=O)O.NC(=O)CO. The van der Waals surface area contributed by atoms with Crippen LogP contribution in [0.1, 0.15) is 6.92 Å². The van der Waals surface area contributed by atoms with Crippen LogP contribution in [0.4, 0.5) is 0 Å². The van der Waals surface area contributed by atoms with Crippen LogP contribution in [-0.4, -0.2) is 28.7 Å². The summed E-state index contributed by atoms with van der Waals surface area (Å²) in [5, 5.41) is 15.6. The summed E-state index contributed by atoms with van der Waals surface area (Å²) >= 11 is 0. The van der Waals surface area contributed by atoms with Crippen molar-refractivity contribution in [1.82, 2.24) is 0 Å². The van der Waals surface area contributed by atoms with Crippen LogP contribution in [0.25, 0.3) is 0 Å². The average Bonchev–Trinajstić information content (AvgIpc) is 1.89. The zero-order chi connectivity index (χ0) is 9.44. The molecule has 1 amide bonds. The molecule has 0 saturated carbocycles. The normalized spacial score (nSPS) is 7.45. The Bertz CT molecular complexity index is 152. The smallest absolute Gasteiger partial charge is 0.330 e. The van der Waals surface area contributed by atoms with Gasteiger partial charge in [0.15, 0.2) is 0 Å². The predicted molar refractivity (Wildman–Crippen MR) is 38.7 cm³/mol. The molecule has 64 valence electrons. The number of rotatable bonds is 2. The summed E-state index contributed by atoms with van der Waals surface area (Å²) in [6.07, 6.45) is 0. The molecule has 11 heavy (non-hydrogen) atoms. The molecule has 0 fully saturated rings. The van der Waals surface area contributed by atoms with Gasteiger partial charge in [-0.25, -0.2) is 4.79 Å². The molecule has 0 aliphatic heterocycles. The van der Waals surface area contributed by atoms with E-state index in [0.717, 1.165) is 0 Å². The van der Waals surface area contributed by atoms with Crippen LogP contribution in [-0.2, 0) is 9.59 Å². The highest BCUT2D eigenvalue weighted by atomic mass is 16.4. The molecular weight excluding hydrogens is 150 g/mol. The molecular formula is C6H11NO4. The molecule has 0 unspecified atom stereocenters. The van der Waals surface area contributed by atoms with E-state index in [2.05, 4.69) is 12.3 Å². The Balaban J connectivity index is 0. The van der Waals surface area contributed by atoms with Crippen molar-refractivity contribution in [2.24, 2.45) is 5.73 Å². The molecule has 0 bridgehead atoms. The number of hydrogen-bond acceptors (Lipinski definition) is 3. The van der Waals surface area contributed by atoms with Crippen LogP contribution >= 0.6 is 0 Å². The first-order chi connectivity index (χ1) is 4.91. The van der Waals surface area contributed by atoms with Crippen LogP contribution in [0.3, 0.4) is 0 Å². The van der Waals surface area contributed by atoms with Gasteiger partial charge in [0, 0.05) is 5.57 Å². The minimum absolute atomic E-state index is 0.176. The molecule has 0 saturated heterocycles. The van der Waals surface area contributed by atoms with Crippen molar-refractivity contribution in [3.63, 3.8) is 0 Å². The van der Waals surface area contributed by atoms with E-state index in [0.29, 0.717) is 0 Å². The zero-order valence-corrected chi connectivity index (χ0v) is 6.20. The molecule has 0 aliphatic rings. The Hall–Kier alpha value is -1.36. The summed E-state index contributed by atoms with van der Waals surface area (Å²) < 4.78 is 0. The van der Waals surface area contributed by atoms with Crippen molar-refractivity contribution in [3.8, 4) is 0 Å². The van der Waals surface area contributed by atoms with E-state index >= 15 is 0 Å². The second kappa shape index (κ2) is 6.76. The summed E-state index contributed by atoms with van der Waals surface area (Å²) in [6.45, 7) is 4.05. The number of carbonyl (C=O) groups is 2. The number of aliphatic hydroxyl groups excluding tert-OH is 1. The topological polar surface area (TPSA) is 101 Å². The lowest BCUT2D eigenvalue weighted by Gasteiger charge is -1.79. The third-order valence-electron chi connectivity index (χ3n) is 0.521. The molecule has 0 heterocycles. The fraction of sp³-hybridized carbons (Fsp3) is 0.333. The van der Waals surface area contributed by atoms with Gasteiger partial charge >= 0.3 is 5.97 Å². The highest BCUT2D eigenvalue weighted by Gasteiger charge is 1.90. The fourth-order valence-corrected chi connectivity index (χ4v) is 0. The number of carboxylic acid groups (broad SMARTS) is 1. The van der Waals surface area contributed by atoms with Crippen molar-refractivity contribution in [2.75, 3.05) is 6.61 Å². The minimum atomic E-state index is -0.935. The minimum Gasteiger partial charge on any atom is -0.478 e. The Kier molecular flexibility index (Phi) is 7.57. The molecule has 5 heteroatoms. The summed E-state index contributed by atoms with van der Waals surface area (Å²) in [5.41, 5.74) is 4.58. The number of carboxylic acids is 1. The first-order valence-corrected chi connectivity index (χ1v) is 2.69. The lowest BCUT2D eigenvalue weighted by Crippen LogP contribution is -2.14. The zero-order valence-electron chi connectivity index (χ0n) is 6.20. The Morgan fingerprint density at radius 2 is 1.73 bits per heavy atom. The maximum atomic E-state index is 9.60. The summed E-state index contributed by atoms with van der Waals surface area (Å²) in [7, 11) is 0. The fourth-order valence-electron chi connectivity index (χ4n) is 0. The molecule has 0 aliphatic carbocycles. The number of carbonyl (C=O) groups excluding carboxylic acids is 1. The van der Waals surface area contributed by atoms with E-state index in [4.69, 9.17) is 10.2 Å². The van der Waals surface area contributed by atoms with E-state index in [-0.39, 0.29) is 5.57 Å². The van der Waals surface area contributed by atoms with Crippen molar-refractivity contribution >= 4 is 11.9 Å². The van der Waals surface area contributed by atoms with Gasteiger partial charge in [0.05, 0.1) is 0 Å². The standard InChI is InChI=1S/C4H6O2.C2H5NO2/c1-3(2)4(5)6;3-2(5)1-4/h1H2,2H3,(H,5,6);4H,1H2,(H2,3,5). The third-order valence-corrected chi connectivity index (χ3v) is 0.521. The quantitative estimate of drug-likeness (QED) is 0.457. The van der Waals surface area contributed by atoms with Gasteiger partial charge in [-0.3, -0.25) is 4.79 Å². The van der Waals surface area contributed by atoms with Gasteiger partial charge in [0.1, 0.15) is 6.61 Å². The number of amides is 1. The van der Waals surface area contributed by atoms with Crippen LogP contribution in [0.15, 0.2) is 12.2 Å². The number of aliphatic carboxylic acids is 1. The lowest BCUT2D eigenvalue weighted by molar-refractivity contribution is -0.132. The van der Waals surface area contributed by atoms with E-state index in [1.54, 1.807) is 0 Å². The summed E-state index contributed by atoms with van der Waals surface area (Å²) in [5.74, 6) is -1.62. The van der Waals surface area contributed by atoms with E-state index in [1.165, 1.54) is 6.92 Å². The van der Waals surface area contributed by atoms with Crippen molar-refractivity contribution in [3.05, 3.63) is 12.2 Å². The molecule has 0 spiro atoms. The first kappa shape index (κ1) is 12.3. The predicted octanol–water partition coefficient (Wildman–Crippen LogP) is -0.889. The van der Waals surface area contributed by atoms with Gasteiger partial charge in [0.25, 0.3) is 0 Å². The highest BCUT2D eigenvalue weighted by molar-refractivity contribution is 5.84. The van der Waals surface area contributed by atoms with Gasteiger partial charge in [-0.1, -0.05) is 6.58 Å². The molecule has 5 nitrogen and oxygen atoms in total. The Morgan fingerprint density at radius 3 is 1.73 bits per heavy atom. The monoisotopic (exact) mass is 161 g/mol. The van der Waals surface area contributed by atoms with Gasteiger partial charge in [-0.15, -0.1) is 0 Å².